The van der Waals surface area contributed by atoms with E-state index in [0.29, 0.717) is 57.9 Å². The van der Waals surface area contributed by atoms with Crippen LogP contribution in [-0.2, 0) is 47.9 Å². The molecule has 0 aliphatic rings. The Labute approximate surface area is 414 Å². The topological polar surface area (TPSA) is 508 Å². The zero-order valence-electron chi connectivity index (χ0n) is 41.3. The van der Waals surface area contributed by atoms with E-state index >= 15 is 0 Å². The van der Waals surface area contributed by atoms with Crippen LogP contribution >= 0.6 is 0 Å². The summed E-state index contributed by atoms with van der Waals surface area (Å²) in [4.78, 5) is 134. The SMILES string of the molecule is C[C@H](N)C(=O)N[C@@H](CCC(N)=O)C(=O)N[C@@H](C)C(=O)NCC(=O)N[C@@H](CCCCN)C(=O)N[C@@H](CCCCN)C(=O)N[C@@H](CCCCN)C(=O)N[C@@H](CCCN=C(N)N)C(=O)N[C@@H](CCCCN)C(=O)O. The molecule has 0 aromatic rings. The fourth-order valence-corrected chi connectivity index (χ4v) is 6.70. The van der Waals surface area contributed by atoms with Crippen LogP contribution in [0.15, 0.2) is 4.99 Å². The number of carboxylic acids is 1. The molecule has 0 rings (SSSR count). The van der Waals surface area contributed by atoms with E-state index < -0.39 is 114 Å². The predicted molar refractivity (Wildman–Crippen MR) is 263 cm³/mol. The number of primary amides is 1. The highest BCUT2D eigenvalue weighted by Gasteiger charge is 2.33. The Hall–Kier alpha value is -6.23. The van der Waals surface area contributed by atoms with Gasteiger partial charge in [-0.3, -0.25) is 48.1 Å². The van der Waals surface area contributed by atoms with E-state index in [2.05, 4.69) is 47.5 Å². The van der Waals surface area contributed by atoms with Crippen LogP contribution in [0.1, 0.15) is 117 Å². The van der Waals surface area contributed by atoms with Gasteiger partial charge in [-0.1, -0.05) is 0 Å². The number of aliphatic imine (C=N–C) groups is 1. The minimum Gasteiger partial charge on any atom is -0.480 e. The van der Waals surface area contributed by atoms with Crippen molar-refractivity contribution in [3.63, 3.8) is 0 Å². The van der Waals surface area contributed by atoms with Crippen LogP contribution in [0.4, 0.5) is 0 Å². The summed E-state index contributed by atoms with van der Waals surface area (Å²) < 4.78 is 0. The number of nitrogens with two attached hydrogens (primary N) is 8. The number of carbonyl (C=O) groups excluding carboxylic acids is 9. The van der Waals surface area contributed by atoms with Crippen molar-refractivity contribution in [1.82, 2.24) is 42.5 Å². The van der Waals surface area contributed by atoms with Crippen LogP contribution in [0, 0.1) is 0 Å². The summed E-state index contributed by atoms with van der Waals surface area (Å²) in [7, 11) is 0. The summed E-state index contributed by atoms with van der Waals surface area (Å²) in [5.41, 5.74) is 44.4. The molecule has 25 N–H and O–H groups in total. The van der Waals surface area contributed by atoms with Gasteiger partial charge in [0.2, 0.25) is 53.2 Å². The minimum atomic E-state index is -1.28. The lowest BCUT2D eigenvalue weighted by atomic mass is 10.0. The molecular formula is C43H83N17O11. The van der Waals surface area contributed by atoms with Gasteiger partial charge < -0.3 is 93.5 Å². The molecule has 0 aliphatic carbocycles. The Kier molecular flexibility index (Phi) is 34.3. The molecule has 28 heteroatoms. The Morgan fingerprint density at radius 3 is 1.18 bits per heavy atom. The Morgan fingerprint density at radius 1 is 0.451 bits per heavy atom. The number of nitrogens with one attached hydrogen (secondary N) is 8. The van der Waals surface area contributed by atoms with Gasteiger partial charge in [0, 0.05) is 13.0 Å². The molecule has 0 unspecified atom stereocenters. The summed E-state index contributed by atoms with van der Waals surface area (Å²) in [5.74, 6) is -8.46. The van der Waals surface area contributed by atoms with Crippen molar-refractivity contribution >= 4 is 65.1 Å². The maximum absolute atomic E-state index is 14.1. The van der Waals surface area contributed by atoms with Gasteiger partial charge in [-0.25, -0.2) is 4.79 Å². The molecule has 0 aliphatic heterocycles. The lowest BCUT2D eigenvalue weighted by Crippen LogP contribution is -2.59. The molecule has 8 atom stereocenters. The zero-order chi connectivity index (χ0) is 53.9. The van der Waals surface area contributed by atoms with Crippen LogP contribution in [0.3, 0.4) is 0 Å². The third-order valence-electron chi connectivity index (χ3n) is 10.8. The molecule has 0 saturated heterocycles. The Morgan fingerprint density at radius 2 is 0.803 bits per heavy atom. The van der Waals surface area contributed by atoms with E-state index in [1.54, 1.807) is 0 Å². The zero-order valence-corrected chi connectivity index (χ0v) is 41.3. The quantitative estimate of drug-likeness (QED) is 0.0154. The number of carboxylic acid groups (broad SMARTS) is 1. The highest BCUT2D eigenvalue weighted by atomic mass is 16.4. The minimum absolute atomic E-state index is 0.0165. The van der Waals surface area contributed by atoms with Gasteiger partial charge in [0.05, 0.1) is 12.6 Å². The first-order valence-corrected chi connectivity index (χ1v) is 24.1. The highest BCUT2D eigenvalue weighted by Crippen LogP contribution is 2.10. The van der Waals surface area contributed by atoms with Gasteiger partial charge >= 0.3 is 5.97 Å². The van der Waals surface area contributed by atoms with Gasteiger partial charge in [0.15, 0.2) is 5.96 Å². The lowest BCUT2D eigenvalue weighted by molar-refractivity contribution is -0.142. The molecule has 0 bridgehead atoms. The number of hydrogen-bond donors (Lipinski definition) is 17. The number of nitrogens with zero attached hydrogens (tertiary/aromatic N) is 1. The van der Waals surface area contributed by atoms with E-state index in [1.165, 1.54) is 13.8 Å². The second-order valence-electron chi connectivity index (χ2n) is 17.1. The largest absolute Gasteiger partial charge is 0.480 e. The molecule has 0 spiro atoms. The van der Waals surface area contributed by atoms with Crippen LogP contribution in [0.25, 0.3) is 0 Å². The first kappa shape index (κ1) is 64.8. The first-order valence-electron chi connectivity index (χ1n) is 24.1. The number of amides is 9. The normalized spacial score (nSPS) is 14.3. The molecule has 0 aromatic carbocycles. The number of carbonyl (C=O) groups is 10. The molecule has 406 valence electrons. The van der Waals surface area contributed by atoms with Crippen molar-refractivity contribution in [3.05, 3.63) is 0 Å². The van der Waals surface area contributed by atoms with Crippen LogP contribution in [-0.4, -0.2) is 158 Å². The van der Waals surface area contributed by atoms with Crippen molar-refractivity contribution in [2.24, 2.45) is 50.9 Å². The van der Waals surface area contributed by atoms with Gasteiger partial charge in [-0.15, -0.1) is 0 Å². The second kappa shape index (κ2) is 37.6. The highest BCUT2D eigenvalue weighted by molar-refractivity contribution is 5.97. The van der Waals surface area contributed by atoms with Crippen molar-refractivity contribution < 1.29 is 53.1 Å². The molecular weight excluding hydrogens is 931 g/mol. The average Bonchev–Trinajstić information content (AvgIpc) is 3.31. The number of aliphatic carboxylic acids is 1. The van der Waals surface area contributed by atoms with E-state index in [0.717, 1.165) is 0 Å². The van der Waals surface area contributed by atoms with E-state index in [1.807, 2.05) is 0 Å². The Balaban J connectivity index is 6.33. The van der Waals surface area contributed by atoms with Crippen molar-refractivity contribution in [3.8, 4) is 0 Å². The van der Waals surface area contributed by atoms with Gasteiger partial charge in [0.1, 0.15) is 42.3 Å². The standard InChI is InChI=1S/C43H83N17O11/c1-25(48)35(63)56-31(17-18-33(49)61)37(65)54-26(2)36(64)53-24-34(62)55-27(12-3-7-19-44)38(66)57-28(13-4-8-20-45)39(67)58-29(14-5-9-21-46)40(68)59-30(16-11-23-52-43(50)51)41(69)60-32(42(70)71)15-6-10-22-47/h25-32H,3-24,44-48H2,1-2H3,(H2,49,61)(H,53,64)(H,54,65)(H,55,62)(H,56,63)(H,57,66)(H,58,67)(H,59,68)(H,60,69)(H,70,71)(H4,50,51,52)/t25-,26-,27-,28-,29-,30-,31-,32-/m0/s1. The molecule has 0 aromatic heterocycles. The smallest absolute Gasteiger partial charge is 0.326 e. The summed E-state index contributed by atoms with van der Waals surface area (Å²) in [6.07, 6.45) is 3.45. The predicted octanol–water partition coefficient (Wildman–Crippen LogP) is -6.22. The lowest BCUT2D eigenvalue weighted by Gasteiger charge is -2.27. The van der Waals surface area contributed by atoms with E-state index in [9.17, 15) is 53.1 Å². The van der Waals surface area contributed by atoms with Crippen LogP contribution in [0.5, 0.6) is 0 Å². The molecule has 0 radical (unpaired) electrons. The maximum Gasteiger partial charge on any atom is 0.326 e. The molecule has 0 saturated carbocycles. The fourth-order valence-electron chi connectivity index (χ4n) is 6.70. The summed E-state index contributed by atoms with van der Waals surface area (Å²) in [5, 5.41) is 30.0. The van der Waals surface area contributed by atoms with Gasteiger partial charge in [-0.2, -0.15) is 0 Å². The number of rotatable bonds is 40. The molecule has 28 nitrogen and oxygen atoms in total. The number of unbranched alkanes of at least 4 members (excludes halogenated alkanes) is 4. The summed E-state index contributed by atoms with van der Waals surface area (Å²) in [6, 6.07) is -9.80. The third-order valence-corrected chi connectivity index (χ3v) is 10.8. The first-order chi connectivity index (χ1) is 33.6. The maximum atomic E-state index is 14.1. The fraction of sp³-hybridized carbons (Fsp3) is 0.744. The molecule has 71 heavy (non-hydrogen) atoms. The molecule has 9 amide bonds. The monoisotopic (exact) mass is 1010 g/mol. The van der Waals surface area contributed by atoms with Crippen molar-refractivity contribution in [2.45, 2.75) is 165 Å². The number of hydrogen-bond acceptors (Lipinski definition) is 16. The van der Waals surface area contributed by atoms with E-state index in [-0.39, 0.29) is 83.5 Å². The number of guanidine groups is 1. The summed E-state index contributed by atoms with van der Waals surface area (Å²) >= 11 is 0. The second-order valence-corrected chi connectivity index (χ2v) is 17.1. The third kappa shape index (κ3) is 29.5. The Bertz CT molecular complexity index is 1730. The molecule has 0 fully saturated rings. The van der Waals surface area contributed by atoms with Crippen molar-refractivity contribution in [1.29, 1.82) is 0 Å². The van der Waals surface area contributed by atoms with Crippen LogP contribution < -0.4 is 88.4 Å². The van der Waals surface area contributed by atoms with Gasteiger partial charge in [0.25, 0.3) is 0 Å². The average molecular weight is 1010 g/mol. The van der Waals surface area contributed by atoms with Crippen molar-refractivity contribution in [2.75, 3.05) is 39.3 Å². The summed E-state index contributed by atoms with van der Waals surface area (Å²) in [6.45, 7) is 3.26. The molecule has 0 heterocycles. The van der Waals surface area contributed by atoms with Crippen LogP contribution in [0.2, 0.25) is 0 Å². The van der Waals surface area contributed by atoms with Gasteiger partial charge in [-0.05, 0) is 136 Å². The van der Waals surface area contributed by atoms with E-state index in [4.69, 9.17) is 45.9 Å².